The molecule has 0 radical (unpaired) electrons. The van der Waals surface area contributed by atoms with E-state index in [4.69, 9.17) is 33.7 Å². The monoisotopic (exact) mass is 577 g/mol. The normalized spacial score (nSPS) is 12.4. The Morgan fingerprint density at radius 1 is 0.744 bits per heavy atom. The molecule has 10 nitrogen and oxygen atoms in total. The van der Waals surface area contributed by atoms with Crippen molar-refractivity contribution in [3.63, 3.8) is 0 Å². The second-order valence-corrected chi connectivity index (χ2v) is 9.69. The minimum Gasteiger partial charge on any atom is -0.497 e. The molecule has 216 valence electrons. The third-order valence-electron chi connectivity index (χ3n) is 6.92. The lowest BCUT2D eigenvalue weighted by atomic mass is 10.0. The number of nitrogens with zero attached hydrogens (tertiary/aromatic N) is 2. The maximum absolute atomic E-state index is 13.1. The summed E-state index contributed by atoms with van der Waals surface area (Å²) < 4.78 is 26.8. The Bertz CT molecular complexity index is 1820. The highest BCUT2D eigenvalue weighted by Gasteiger charge is 2.22. The number of amides is 1. The number of ether oxygens (including phenoxy) is 5. The number of carbonyl (C=O) groups is 2. The van der Waals surface area contributed by atoms with E-state index in [0.29, 0.717) is 45.4 Å². The van der Waals surface area contributed by atoms with Crippen LogP contribution in [-0.4, -0.2) is 49.0 Å². The molecule has 1 N–H and O–H groups in total. The highest BCUT2D eigenvalue weighted by Crippen LogP contribution is 2.35. The number of nitrogens with one attached hydrogen (secondary N) is 1. The van der Waals surface area contributed by atoms with Crippen molar-refractivity contribution in [2.75, 3.05) is 26.3 Å². The van der Waals surface area contributed by atoms with Crippen LogP contribution in [0.4, 0.5) is 5.69 Å². The van der Waals surface area contributed by atoms with E-state index in [1.54, 1.807) is 50.6 Å². The van der Waals surface area contributed by atoms with Crippen LogP contribution in [0.25, 0.3) is 33.5 Å². The van der Waals surface area contributed by atoms with Crippen molar-refractivity contribution >= 4 is 28.6 Å². The molecule has 0 aliphatic carbocycles. The summed E-state index contributed by atoms with van der Waals surface area (Å²) in [5.41, 5.74) is 4.80. The van der Waals surface area contributed by atoms with Gasteiger partial charge in [0.05, 0.1) is 42.2 Å². The molecule has 0 saturated carbocycles. The topological polar surface area (TPSA) is 118 Å². The molecular weight excluding hydrogens is 550 g/mol. The fraction of sp³-hybridized carbons (Fsp3) is 0.152. The summed E-state index contributed by atoms with van der Waals surface area (Å²) in [6, 6.07) is 25.0. The first-order valence-corrected chi connectivity index (χ1v) is 13.4. The van der Waals surface area contributed by atoms with E-state index in [0.717, 1.165) is 16.9 Å². The van der Waals surface area contributed by atoms with Crippen molar-refractivity contribution in [3.8, 4) is 45.5 Å². The van der Waals surface area contributed by atoms with Gasteiger partial charge in [-0.2, -0.15) is 0 Å². The first-order chi connectivity index (χ1) is 20.9. The lowest BCUT2D eigenvalue weighted by Gasteiger charge is -2.15. The van der Waals surface area contributed by atoms with Crippen LogP contribution in [0, 0.1) is 0 Å². The van der Waals surface area contributed by atoms with Crippen LogP contribution in [0.15, 0.2) is 84.9 Å². The third-order valence-corrected chi connectivity index (χ3v) is 6.92. The molecule has 43 heavy (non-hydrogen) atoms. The van der Waals surface area contributed by atoms with Crippen molar-refractivity contribution in [1.82, 2.24) is 9.97 Å². The number of carbonyl (C=O) groups excluding carboxylic acids is 2. The van der Waals surface area contributed by atoms with Crippen LogP contribution >= 0.6 is 0 Å². The van der Waals surface area contributed by atoms with Gasteiger partial charge in [-0.25, -0.2) is 14.8 Å². The van der Waals surface area contributed by atoms with E-state index in [9.17, 15) is 9.59 Å². The van der Waals surface area contributed by atoms with E-state index < -0.39 is 18.0 Å². The lowest BCUT2D eigenvalue weighted by molar-refractivity contribution is -0.123. The van der Waals surface area contributed by atoms with Crippen LogP contribution in [0.1, 0.15) is 17.3 Å². The summed E-state index contributed by atoms with van der Waals surface area (Å²) >= 11 is 0. The van der Waals surface area contributed by atoms with E-state index >= 15 is 0 Å². The number of hydrogen-bond donors (Lipinski definition) is 1. The van der Waals surface area contributed by atoms with Crippen LogP contribution in [0.5, 0.6) is 23.0 Å². The van der Waals surface area contributed by atoms with Gasteiger partial charge in [0, 0.05) is 22.9 Å². The zero-order chi connectivity index (χ0) is 29.9. The molecule has 6 rings (SSSR count). The number of anilines is 1. The molecule has 10 heteroatoms. The van der Waals surface area contributed by atoms with Gasteiger partial charge in [-0.1, -0.05) is 0 Å². The second-order valence-electron chi connectivity index (χ2n) is 9.69. The van der Waals surface area contributed by atoms with Gasteiger partial charge in [-0.3, -0.25) is 4.79 Å². The fourth-order valence-electron chi connectivity index (χ4n) is 4.58. The first kappa shape index (κ1) is 27.5. The summed E-state index contributed by atoms with van der Waals surface area (Å²) in [4.78, 5) is 35.7. The van der Waals surface area contributed by atoms with E-state index in [-0.39, 0.29) is 12.4 Å². The minimum absolute atomic E-state index is 0.126. The standard InChI is InChI=1S/C33H27N3O7/c1-19(32(37)34-23-9-15-28-29(17-23)42-18-41-28)43-33(38)22-8-14-26-27(16-22)36-31(21-6-12-25(40-3)13-7-21)30(35-26)20-4-10-24(39-2)11-5-20/h4-17,19H,18H2,1-3H3,(H,34,37). The van der Waals surface area contributed by atoms with Gasteiger partial charge in [0.15, 0.2) is 17.6 Å². The van der Waals surface area contributed by atoms with Crippen molar-refractivity contribution in [2.45, 2.75) is 13.0 Å². The molecule has 0 fully saturated rings. The number of rotatable bonds is 8. The molecule has 1 aromatic heterocycles. The number of fused-ring (bicyclic) bond motifs is 2. The van der Waals surface area contributed by atoms with E-state index in [2.05, 4.69) is 5.32 Å². The maximum Gasteiger partial charge on any atom is 0.338 e. The molecule has 1 unspecified atom stereocenters. The Morgan fingerprint density at radius 3 is 1.98 bits per heavy atom. The number of methoxy groups -OCH3 is 2. The molecule has 0 saturated heterocycles. The molecule has 1 atom stereocenters. The average molecular weight is 578 g/mol. The zero-order valence-corrected chi connectivity index (χ0v) is 23.6. The molecule has 0 bridgehead atoms. The predicted octanol–water partition coefficient (Wildman–Crippen LogP) is 5.89. The van der Waals surface area contributed by atoms with Gasteiger partial charge in [0.25, 0.3) is 5.91 Å². The quantitative estimate of drug-likeness (QED) is 0.225. The minimum atomic E-state index is -1.06. The molecule has 4 aromatic carbocycles. The highest BCUT2D eigenvalue weighted by atomic mass is 16.7. The third kappa shape index (κ3) is 5.76. The number of benzene rings is 4. The Hall–Kier alpha value is -5.64. The first-order valence-electron chi connectivity index (χ1n) is 13.4. The summed E-state index contributed by atoms with van der Waals surface area (Å²) in [5, 5.41) is 2.73. The van der Waals surface area contributed by atoms with Gasteiger partial charge >= 0.3 is 5.97 Å². The Balaban J connectivity index is 1.27. The smallest absolute Gasteiger partial charge is 0.338 e. The van der Waals surface area contributed by atoms with Crippen molar-refractivity contribution in [2.24, 2.45) is 0 Å². The van der Waals surface area contributed by atoms with Gasteiger partial charge < -0.3 is 29.0 Å². The lowest BCUT2D eigenvalue weighted by Crippen LogP contribution is -2.30. The van der Waals surface area contributed by atoms with Crippen LogP contribution in [0.3, 0.4) is 0 Å². The summed E-state index contributed by atoms with van der Waals surface area (Å²) in [6.45, 7) is 1.63. The van der Waals surface area contributed by atoms with Crippen molar-refractivity contribution in [1.29, 1.82) is 0 Å². The fourth-order valence-corrected chi connectivity index (χ4v) is 4.58. The SMILES string of the molecule is COc1ccc(-c2nc3ccc(C(=O)OC(C)C(=O)Nc4ccc5c(c4)OCO5)cc3nc2-c2ccc(OC)cc2)cc1. The Morgan fingerprint density at radius 2 is 1.35 bits per heavy atom. The van der Waals surface area contributed by atoms with E-state index in [1.165, 1.54) is 6.92 Å². The van der Waals surface area contributed by atoms with Crippen molar-refractivity contribution in [3.05, 3.63) is 90.5 Å². The number of aromatic nitrogens is 2. The maximum atomic E-state index is 13.1. The molecule has 2 heterocycles. The largest absolute Gasteiger partial charge is 0.497 e. The van der Waals surface area contributed by atoms with Crippen LogP contribution < -0.4 is 24.3 Å². The number of hydrogen-bond acceptors (Lipinski definition) is 9. The van der Waals surface area contributed by atoms with Gasteiger partial charge in [0.1, 0.15) is 11.5 Å². The zero-order valence-electron chi connectivity index (χ0n) is 23.6. The van der Waals surface area contributed by atoms with Crippen LogP contribution in [0.2, 0.25) is 0 Å². The summed E-state index contributed by atoms with van der Waals surface area (Å²) in [5.74, 6) is 1.42. The second kappa shape index (κ2) is 11.7. The summed E-state index contributed by atoms with van der Waals surface area (Å²) in [6.07, 6.45) is -1.06. The summed E-state index contributed by atoms with van der Waals surface area (Å²) in [7, 11) is 3.22. The van der Waals surface area contributed by atoms with Gasteiger partial charge in [0.2, 0.25) is 6.79 Å². The Labute approximate surface area is 247 Å². The molecule has 0 spiro atoms. The van der Waals surface area contributed by atoms with Gasteiger partial charge in [-0.15, -0.1) is 0 Å². The molecule has 5 aromatic rings. The number of esters is 1. The molecule has 1 aliphatic heterocycles. The molecular formula is C33H27N3O7. The Kier molecular flexibility index (Phi) is 7.48. The molecule has 1 amide bonds. The van der Waals surface area contributed by atoms with Crippen LogP contribution in [-0.2, 0) is 9.53 Å². The van der Waals surface area contributed by atoms with Gasteiger partial charge in [-0.05, 0) is 85.8 Å². The van der Waals surface area contributed by atoms with Crippen molar-refractivity contribution < 1.29 is 33.3 Å². The average Bonchev–Trinajstić information content (AvgIpc) is 3.52. The predicted molar refractivity (Wildman–Crippen MR) is 160 cm³/mol. The highest BCUT2D eigenvalue weighted by molar-refractivity contribution is 5.99. The molecule has 1 aliphatic rings. The van der Waals surface area contributed by atoms with E-state index in [1.807, 2.05) is 48.5 Å².